The van der Waals surface area contributed by atoms with Gasteiger partial charge in [-0.3, -0.25) is 9.59 Å². The first-order valence-electron chi connectivity index (χ1n) is 6.19. The van der Waals surface area contributed by atoms with E-state index in [0.717, 1.165) is 0 Å². The maximum atomic E-state index is 13.0. The van der Waals surface area contributed by atoms with Crippen molar-refractivity contribution in [3.63, 3.8) is 0 Å². The SMILES string of the molecule is CC1(C)[C@H](C(=O)O)[C@@H]1C(=O)NCc1ccc(F)c(Cl)c1. The number of carboxylic acid groups (broad SMARTS) is 1. The van der Waals surface area contributed by atoms with Gasteiger partial charge in [0, 0.05) is 6.54 Å². The Morgan fingerprint density at radius 1 is 1.40 bits per heavy atom. The van der Waals surface area contributed by atoms with Crippen molar-refractivity contribution in [3.8, 4) is 0 Å². The highest BCUT2D eigenvalue weighted by atomic mass is 35.5. The van der Waals surface area contributed by atoms with Crippen LogP contribution in [0.25, 0.3) is 0 Å². The maximum absolute atomic E-state index is 13.0. The molecular formula is C14H15ClFNO3. The van der Waals surface area contributed by atoms with Crippen LogP contribution in [0.5, 0.6) is 0 Å². The molecule has 1 aliphatic rings. The molecule has 0 heterocycles. The number of nitrogens with one attached hydrogen (secondary N) is 1. The summed E-state index contributed by atoms with van der Waals surface area (Å²) in [6, 6.07) is 4.18. The molecule has 6 heteroatoms. The van der Waals surface area contributed by atoms with E-state index < -0.39 is 29.0 Å². The van der Waals surface area contributed by atoms with E-state index in [4.69, 9.17) is 16.7 Å². The van der Waals surface area contributed by atoms with Crippen molar-refractivity contribution in [2.75, 3.05) is 0 Å². The lowest BCUT2D eigenvalue weighted by atomic mass is 10.1. The summed E-state index contributed by atoms with van der Waals surface area (Å²) in [7, 11) is 0. The summed E-state index contributed by atoms with van der Waals surface area (Å²) in [6.07, 6.45) is 0. The predicted molar refractivity (Wildman–Crippen MR) is 71.7 cm³/mol. The van der Waals surface area contributed by atoms with E-state index >= 15 is 0 Å². The van der Waals surface area contributed by atoms with Gasteiger partial charge >= 0.3 is 5.97 Å². The molecule has 0 unspecified atom stereocenters. The number of hydrogen-bond acceptors (Lipinski definition) is 2. The molecule has 0 aromatic heterocycles. The molecule has 1 amide bonds. The zero-order valence-corrected chi connectivity index (χ0v) is 11.9. The van der Waals surface area contributed by atoms with E-state index in [1.54, 1.807) is 13.8 Å². The number of aliphatic carboxylic acids is 1. The first-order chi connectivity index (χ1) is 9.25. The molecule has 0 saturated heterocycles. The molecule has 0 bridgehead atoms. The third-order valence-corrected chi connectivity index (χ3v) is 4.12. The summed E-state index contributed by atoms with van der Waals surface area (Å²) in [5, 5.41) is 11.7. The Morgan fingerprint density at radius 2 is 2.05 bits per heavy atom. The highest BCUT2D eigenvalue weighted by molar-refractivity contribution is 6.30. The van der Waals surface area contributed by atoms with E-state index in [1.165, 1.54) is 18.2 Å². The van der Waals surface area contributed by atoms with Crippen LogP contribution in [-0.2, 0) is 16.1 Å². The first kappa shape index (κ1) is 14.8. The highest BCUT2D eigenvalue weighted by Gasteiger charge is 2.65. The Balaban J connectivity index is 1.96. The van der Waals surface area contributed by atoms with Crippen LogP contribution < -0.4 is 5.32 Å². The molecular weight excluding hydrogens is 285 g/mol. The molecule has 1 aromatic carbocycles. The van der Waals surface area contributed by atoms with Gasteiger partial charge in [0.25, 0.3) is 0 Å². The molecule has 2 rings (SSSR count). The molecule has 20 heavy (non-hydrogen) atoms. The lowest BCUT2D eigenvalue weighted by Gasteiger charge is -2.07. The molecule has 1 saturated carbocycles. The molecule has 1 aromatic rings. The second-order valence-electron chi connectivity index (χ2n) is 5.58. The fourth-order valence-corrected chi connectivity index (χ4v) is 2.74. The van der Waals surface area contributed by atoms with Crippen LogP contribution in [-0.4, -0.2) is 17.0 Å². The van der Waals surface area contributed by atoms with Crippen molar-refractivity contribution in [2.45, 2.75) is 20.4 Å². The summed E-state index contributed by atoms with van der Waals surface area (Å²) in [5.74, 6) is -2.96. The van der Waals surface area contributed by atoms with Crippen molar-refractivity contribution in [3.05, 3.63) is 34.6 Å². The van der Waals surface area contributed by atoms with Crippen molar-refractivity contribution in [1.82, 2.24) is 5.32 Å². The number of carboxylic acids is 1. The van der Waals surface area contributed by atoms with Crippen molar-refractivity contribution < 1.29 is 19.1 Å². The fourth-order valence-electron chi connectivity index (χ4n) is 2.54. The van der Waals surface area contributed by atoms with E-state index in [9.17, 15) is 14.0 Å². The summed E-state index contributed by atoms with van der Waals surface area (Å²) in [5.41, 5.74) is 0.131. The zero-order valence-electron chi connectivity index (χ0n) is 11.1. The van der Waals surface area contributed by atoms with Gasteiger partial charge < -0.3 is 10.4 Å². The first-order valence-corrected chi connectivity index (χ1v) is 6.57. The van der Waals surface area contributed by atoms with E-state index in [1.807, 2.05) is 0 Å². The van der Waals surface area contributed by atoms with Gasteiger partial charge in [0.1, 0.15) is 5.82 Å². The second kappa shape index (κ2) is 5.05. The normalized spacial score (nSPS) is 23.2. The minimum atomic E-state index is -0.958. The minimum Gasteiger partial charge on any atom is -0.481 e. The van der Waals surface area contributed by atoms with E-state index in [0.29, 0.717) is 5.56 Å². The van der Waals surface area contributed by atoms with Gasteiger partial charge in [0.05, 0.1) is 16.9 Å². The van der Waals surface area contributed by atoms with Gasteiger partial charge in [-0.1, -0.05) is 31.5 Å². The molecule has 108 valence electrons. The number of hydrogen-bond donors (Lipinski definition) is 2. The number of amides is 1. The molecule has 1 aliphatic carbocycles. The highest BCUT2D eigenvalue weighted by Crippen LogP contribution is 2.58. The van der Waals surface area contributed by atoms with Crippen LogP contribution in [0.15, 0.2) is 18.2 Å². The van der Waals surface area contributed by atoms with Crippen LogP contribution in [0.4, 0.5) is 4.39 Å². The Hall–Kier alpha value is -1.62. The second-order valence-corrected chi connectivity index (χ2v) is 5.99. The molecule has 0 radical (unpaired) electrons. The minimum absolute atomic E-state index is 0.00749. The van der Waals surface area contributed by atoms with Gasteiger partial charge in [-0.2, -0.15) is 0 Å². The third-order valence-electron chi connectivity index (χ3n) is 3.83. The predicted octanol–water partition coefficient (Wildman–Crippen LogP) is 2.45. The number of carbonyl (C=O) groups is 2. The van der Waals surface area contributed by atoms with Gasteiger partial charge in [-0.05, 0) is 23.1 Å². The van der Waals surface area contributed by atoms with E-state index in [2.05, 4.69) is 5.32 Å². The van der Waals surface area contributed by atoms with Crippen molar-refractivity contribution in [1.29, 1.82) is 0 Å². The van der Waals surface area contributed by atoms with Gasteiger partial charge in [-0.15, -0.1) is 0 Å². The number of rotatable bonds is 4. The monoisotopic (exact) mass is 299 g/mol. The standard InChI is InChI=1S/C14H15ClFNO3/c1-14(2)10(11(14)13(19)20)12(18)17-6-7-3-4-9(16)8(15)5-7/h3-5,10-11H,6H2,1-2H3,(H,17,18)(H,19,20)/t10-,11+/m1/s1. The molecule has 1 fully saturated rings. The largest absolute Gasteiger partial charge is 0.481 e. The third kappa shape index (κ3) is 2.63. The van der Waals surface area contributed by atoms with Gasteiger partial charge in [-0.25, -0.2) is 4.39 Å². The van der Waals surface area contributed by atoms with Crippen LogP contribution in [0, 0.1) is 23.1 Å². The van der Waals surface area contributed by atoms with Crippen LogP contribution in [0.2, 0.25) is 5.02 Å². The number of carbonyl (C=O) groups excluding carboxylic acids is 1. The van der Waals surface area contributed by atoms with Gasteiger partial charge in [0.15, 0.2) is 0 Å². The summed E-state index contributed by atoms with van der Waals surface area (Å²) >= 11 is 5.65. The lowest BCUT2D eigenvalue weighted by Crippen LogP contribution is -2.26. The summed E-state index contributed by atoms with van der Waals surface area (Å²) in [4.78, 5) is 23.0. The van der Waals surface area contributed by atoms with Crippen molar-refractivity contribution in [2.24, 2.45) is 17.3 Å². The lowest BCUT2D eigenvalue weighted by molar-refractivity contribution is -0.140. The Bertz CT molecular complexity index is 574. The quantitative estimate of drug-likeness (QED) is 0.897. The van der Waals surface area contributed by atoms with Crippen LogP contribution in [0.1, 0.15) is 19.4 Å². The summed E-state index contributed by atoms with van der Waals surface area (Å²) < 4.78 is 13.0. The van der Waals surface area contributed by atoms with Crippen LogP contribution >= 0.6 is 11.6 Å². The number of halogens is 2. The van der Waals surface area contributed by atoms with Gasteiger partial charge in [0.2, 0.25) is 5.91 Å². The summed E-state index contributed by atoms with van der Waals surface area (Å²) in [6.45, 7) is 3.70. The average Bonchev–Trinajstić information content (AvgIpc) is 2.94. The molecule has 2 atom stereocenters. The zero-order chi connectivity index (χ0) is 15.1. The van der Waals surface area contributed by atoms with E-state index in [-0.39, 0.29) is 17.5 Å². The maximum Gasteiger partial charge on any atom is 0.307 e. The average molecular weight is 300 g/mol. The molecule has 4 nitrogen and oxygen atoms in total. The Kier molecular flexibility index (Phi) is 3.73. The Labute approximate surface area is 120 Å². The fraction of sp³-hybridized carbons (Fsp3) is 0.429. The smallest absolute Gasteiger partial charge is 0.307 e. The van der Waals surface area contributed by atoms with Crippen molar-refractivity contribution >= 4 is 23.5 Å². The topological polar surface area (TPSA) is 66.4 Å². The number of benzene rings is 1. The van der Waals surface area contributed by atoms with Crippen LogP contribution in [0.3, 0.4) is 0 Å². The molecule has 2 N–H and O–H groups in total. The Morgan fingerprint density at radius 3 is 2.55 bits per heavy atom. The molecule has 0 aliphatic heterocycles. The molecule has 0 spiro atoms.